The minimum absolute atomic E-state index is 0.976. The summed E-state index contributed by atoms with van der Waals surface area (Å²) in [5, 5.41) is 4.95. The van der Waals surface area contributed by atoms with Gasteiger partial charge < -0.3 is 0 Å². The first-order valence-corrected chi connectivity index (χ1v) is 16.5. The third-order valence-electron chi connectivity index (χ3n) is 9.51. The van der Waals surface area contributed by atoms with Gasteiger partial charge in [-0.3, -0.25) is 4.57 Å². The Morgan fingerprint density at radius 1 is 0.375 bits per heavy atom. The number of fused-ring (bicyclic) bond motifs is 3. The van der Waals surface area contributed by atoms with Crippen LogP contribution < -0.4 is 0 Å². The Balaban J connectivity index is 1.34. The quantitative estimate of drug-likeness (QED) is 0.177. The van der Waals surface area contributed by atoms with E-state index in [1.807, 2.05) is 0 Å². The number of nitrogens with zero attached hydrogens (tertiary/aromatic N) is 2. The minimum Gasteiger partial charge on any atom is -0.297 e. The Morgan fingerprint density at radius 3 is 1.62 bits per heavy atom. The lowest BCUT2D eigenvalue weighted by Gasteiger charge is -2.20. The first kappa shape index (κ1) is 28.0. The van der Waals surface area contributed by atoms with E-state index >= 15 is 0 Å². The number of rotatable bonds is 5. The van der Waals surface area contributed by atoms with Gasteiger partial charge in [-0.15, -0.1) is 0 Å². The number of imidazole rings is 1. The molecule has 0 spiro atoms. The van der Waals surface area contributed by atoms with E-state index in [1.54, 1.807) is 0 Å². The fourth-order valence-corrected chi connectivity index (χ4v) is 7.37. The molecular formula is C46H32N2. The summed E-state index contributed by atoms with van der Waals surface area (Å²) in [5.41, 5.74) is 13.0. The van der Waals surface area contributed by atoms with Crippen LogP contribution in [0.3, 0.4) is 0 Å². The number of benzene rings is 8. The van der Waals surface area contributed by atoms with Crippen LogP contribution in [-0.2, 0) is 0 Å². The topological polar surface area (TPSA) is 17.8 Å². The molecule has 2 heteroatoms. The highest BCUT2D eigenvalue weighted by Crippen LogP contribution is 2.45. The van der Waals surface area contributed by atoms with Gasteiger partial charge in [0.05, 0.1) is 11.0 Å². The van der Waals surface area contributed by atoms with Gasteiger partial charge in [-0.05, 0) is 109 Å². The van der Waals surface area contributed by atoms with E-state index in [9.17, 15) is 0 Å². The van der Waals surface area contributed by atoms with Gasteiger partial charge in [-0.2, -0.15) is 0 Å². The molecule has 0 unspecified atom stereocenters. The number of para-hydroxylation sites is 2. The van der Waals surface area contributed by atoms with Gasteiger partial charge >= 0.3 is 0 Å². The van der Waals surface area contributed by atoms with Crippen LogP contribution in [0, 0.1) is 6.92 Å². The molecule has 8 aromatic carbocycles. The molecule has 0 bridgehead atoms. The van der Waals surface area contributed by atoms with Gasteiger partial charge in [0.25, 0.3) is 0 Å². The molecule has 226 valence electrons. The molecule has 1 heterocycles. The number of aryl methyl sites for hydroxylation is 1. The van der Waals surface area contributed by atoms with Gasteiger partial charge in [0.1, 0.15) is 5.82 Å². The van der Waals surface area contributed by atoms with Crippen molar-refractivity contribution in [2.45, 2.75) is 6.92 Å². The molecule has 1 aromatic heterocycles. The molecule has 2 nitrogen and oxygen atoms in total. The zero-order valence-corrected chi connectivity index (χ0v) is 26.6. The molecule has 0 aliphatic carbocycles. The zero-order valence-electron chi connectivity index (χ0n) is 26.6. The largest absolute Gasteiger partial charge is 0.297 e. The van der Waals surface area contributed by atoms with E-state index in [0.29, 0.717) is 0 Å². The van der Waals surface area contributed by atoms with Gasteiger partial charge in [0.2, 0.25) is 0 Å². The second-order valence-corrected chi connectivity index (χ2v) is 12.4. The van der Waals surface area contributed by atoms with Crippen molar-refractivity contribution in [1.29, 1.82) is 0 Å². The van der Waals surface area contributed by atoms with Gasteiger partial charge in [-0.1, -0.05) is 140 Å². The Hall–Kier alpha value is -6.25. The van der Waals surface area contributed by atoms with Crippen LogP contribution in [-0.4, -0.2) is 9.55 Å². The van der Waals surface area contributed by atoms with Crippen LogP contribution >= 0.6 is 0 Å². The molecule has 0 aliphatic heterocycles. The van der Waals surface area contributed by atoms with E-state index < -0.39 is 0 Å². The maximum atomic E-state index is 4.87. The van der Waals surface area contributed by atoms with Crippen molar-refractivity contribution in [3.8, 4) is 50.2 Å². The standard InChI is InChI=1S/C46H32N2/c1-31-47-43-24-10-11-25-44(43)48(31)38-21-13-20-37(29-38)45-39-22-8-9-23-40(39)46(36-19-12-18-34(28-36)32-14-4-2-5-15-32)42-30-35(26-27-41(42)45)33-16-6-3-7-17-33/h2-30H,1H3. The van der Waals surface area contributed by atoms with Crippen LogP contribution in [0.25, 0.3) is 82.8 Å². The molecule has 0 fully saturated rings. The maximum absolute atomic E-state index is 4.87. The van der Waals surface area contributed by atoms with Crippen LogP contribution in [0.2, 0.25) is 0 Å². The van der Waals surface area contributed by atoms with Gasteiger partial charge in [0.15, 0.2) is 0 Å². The van der Waals surface area contributed by atoms with E-state index in [2.05, 4.69) is 187 Å². The number of hydrogen-bond acceptors (Lipinski definition) is 1. The Bertz CT molecular complexity index is 2610. The lowest BCUT2D eigenvalue weighted by Crippen LogP contribution is -1.98. The van der Waals surface area contributed by atoms with E-state index in [1.165, 1.54) is 66.1 Å². The molecule has 0 saturated carbocycles. The summed E-state index contributed by atoms with van der Waals surface area (Å²) in [4.78, 5) is 4.87. The lowest BCUT2D eigenvalue weighted by molar-refractivity contribution is 1.00. The average molecular weight is 613 g/mol. The third kappa shape index (κ3) is 4.70. The summed E-state index contributed by atoms with van der Waals surface area (Å²) in [6.07, 6.45) is 0. The minimum atomic E-state index is 0.976. The van der Waals surface area contributed by atoms with Crippen molar-refractivity contribution >= 4 is 32.6 Å². The van der Waals surface area contributed by atoms with E-state index in [4.69, 9.17) is 4.98 Å². The Labute approximate surface area is 280 Å². The summed E-state index contributed by atoms with van der Waals surface area (Å²) >= 11 is 0. The van der Waals surface area contributed by atoms with Crippen molar-refractivity contribution in [3.63, 3.8) is 0 Å². The zero-order chi connectivity index (χ0) is 32.0. The molecule has 0 amide bonds. The highest BCUT2D eigenvalue weighted by atomic mass is 15.1. The molecule has 0 N–H and O–H groups in total. The van der Waals surface area contributed by atoms with E-state index in [0.717, 1.165) is 22.5 Å². The van der Waals surface area contributed by atoms with Crippen molar-refractivity contribution in [3.05, 3.63) is 182 Å². The second kappa shape index (κ2) is 11.5. The van der Waals surface area contributed by atoms with Crippen LogP contribution in [0.4, 0.5) is 0 Å². The summed E-state index contributed by atoms with van der Waals surface area (Å²) in [6.45, 7) is 2.08. The molecule has 0 atom stereocenters. The van der Waals surface area contributed by atoms with Crippen LogP contribution in [0.15, 0.2) is 176 Å². The number of hydrogen-bond donors (Lipinski definition) is 0. The van der Waals surface area contributed by atoms with E-state index in [-0.39, 0.29) is 0 Å². The molecular weight excluding hydrogens is 581 g/mol. The molecule has 0 radical (unpaired) electrons. The highest BCUT2D eigenvalue weighted by Gasteiger charge is 2.19. The first-order valence-electron chi connectivity index (χ1n) is 16.5. The fourth-order valence-electron chi connectivity index (χ4n) is 7.37. The normalized spacial score (nSPS) is 11.4. The summed E-state index contributed by atoms with van der Waals surface area (Å²) < 4.78 is 2.26. The maximum Gasteiger partial charge on any atom is 0.111 e. The Kier molecular flexibility index (Phi) is 6.72. The van der Waals surface area contributed by atoms with Crippen molar-refractivity contribution in [2.75, 3.05) is 0 Å². The summed E-state index contributed by atoms with van der Waals surface area (Å²) in [7, 11) is 0. The van der Waals surface area contributed by atoms with Crippen molar-refractivity contribution in [2.24, 2.45) is 0 Å². The number of aromatic nitrogens is 2. The lowest BCUT2D eigenvalue weighted by atomic mass is 9.84. The van der Waals surface area contributed by atoms with Crippen LogP contribution in [0.5, 0.6) is 0 Å². The van der Waals surface area contributed by atoms with Crippen LogP contribution in [0.1, 0.15) is 5.82 Å². The SMILES string of the molecule is Cc1nc2ccccc2n1-c1cccc(-c2c3ccccc3c(-c3cccc(-c4ccccc4)c3)c3cc(-c4ccccc4)ccc23)c1. The highest BCUT2D eigenvalue weighted by molar-refractivity contribution is 6.22. The smallest absolute Gasteiger partial charge is 0.111 e. The van der Waals surface area contributed by atoms with Crippen molar-refractivity contribution < 1.29 is 0 Å². The molecule has 9 rings (SSSR count). The molecule has 0 aliphatic rings. The predicted molar refractivity (Wildman–Crippen MR) is 203 cm³/mol. The monoisotopic (exact) mass is 612 g/mol. The fraction of sp³-hybridized carbons (Fsp3) is 0.0217. The summed E-state index contributed by atoms with van der Waals surface area (Å²) in [5.74, 6) is 0.976. The molecule has 48 heavy (non-hydrogen) atoms. The average Bonchev–Trinajstić information content (AvgIpc) is 3.50. The van der Waals surface area contributed by atoms with Gasteiger partial charge in [-0.25, -0.2) is 4.98 Å². The Morgan fingerprint density at radius 2 is 0.896 bits per heavy atom. The van der Waals surface area contributed by atoms with Gasteiger partial charge in [0, 0.05) is 5.69 Å². The predicted octanol–water partition coefficient (Wildman–Crippen LogP) is 12.3. The molecule has 9 aromatic rings. The second-order valence-electron chi connectivity index (χ2n) is 12.4. The summed E-state index contributed by atoms with van der Waals surface area (Å²) in [6, 6.07) is 63.6. The van der Waals surface area contributed by atoms with Crippen molar-refractivity contribution in [1.82, 2.24) is 9.55 Å². The molecule has 0 saturated heterocycles. The third-order valence-corrected chi connectivity index (χ3v) is 9.51. The first-order chi connectivity index (χ1) is 23.7.